The summed E-state index contributed by atoms with van der Waals surface area (Å²) in [5, 5.41) is 8.87. The molecule has 0 aliphatic heterocycles. The number of carbonyl (C=O) groups is 1. The molecular weight excluding hydrogens is 258 g/mol. The van der Waals surface area contributed by atoms with E-state index in [4.69, 9.17) is 14.7 Å². The van der Waals surface area contributed by atoms with Crippen LogP contribution in [0.15, 0.2) is 6.20 Å². The molecule has 1 aromatic heterocycles. The highest BCUT2D eigenvalue weighted by atomic mass is 19.3. The topological polar surface area (TPSA) is 72.2 Å². The minimum atomic E-state index is -2.87. The number of nitriles is 1. The van der Waals surface area contributed by atoms with Crippen LogP contribution in [0.25, 0.3) is 0 Å². The second kappa shape index (κ2) is 6.64. The molecule has 0 N–H and O–H groups in total. The second-order valence-electron chi connectivity index (χ2n) is 3.46. The van der Waals surface area contributed by atoms with Crippen LogP contribution in [0.1, 0.15) is 30.2 Å². The highest BCUT2D eigenvalue weighted by molar-refractivity contribution is 5.74. The van der Waals surface area contributed by atoms with Crippen LogP contribution in [0.3, 0.4) is 0 Å². The molecule has 0 radical (unpaired) electrons. The van der Waals surface area contributed by atoms with Crippen LogP contribution >= 0.6 is 0 Å². The Labute approximate surface area is 108 Å². The van der Waals surface area contributed by atoms with Crippen molar-refractivity contribution in [3.05, 3.63) is 23.0 Å². The Balaban J connectivity index is 3.30. The third kappa shape index (κ3) is 3.37. The molecule has 0 atom stereocenters. The normalized spacial score (nSPS) is 10.1. The number of rotatable bonds is 5. The Hall–Kier alpha value is -2.23. The third-order valence-corrected chi connectivity index (χ3v) is 2.32. The molecule has 7 heteroatoms. The van der Waals surface area contributed by atoms with Gasteiger partial charge in [-0.05, 0) is 6.92 Å². The number of ether oxygens (including phenoxy) is 2. The maximum atomic E-state index is 12.9. The smallest absolute Gasteiger partial charge is 0.310 e. The summed E-state index contributed by atoms with van der Waals surface area (Å²) in [6.07, 6.45) is -2.29. The standard InChI is InChI=1S/C12H12F2N2O3/c1-3-19-9(17)4-8-10(12(13)14)16-6-7(5-15)11(8)18-2/h6,12H,3-4H2,1-2H3. The summed E-state index contributed by atoms with van der Waals surface area (Å²) in [7, 11) is 1.24. The maximum absolute atomic E-state index is 12.9. The van der Waals surface area contributed by atoms with Gasteiger partial charge in [-0.1, -0.05) is 0 Å². The number of hydrogen-bond acceptors (Lipinski definition) is 5. The molecule has 5 nitrogen and oxygen atoms in total. The summed E-state index contributed by atoms with van der Waals surface area (Å²) >= 11 is 0. The molecule has 1 heterocycles. The van der Waals surface area contributed by atoms with E-state index in [1.54, 1.807) is 13.0 Å². The summed E-state index contributed by atoms with van der Waals surface area (Å²) in [4.78, 5) is 14.9. The van der Waals surface area contributed by atoms with Gasteiger partial charge in [-0.3, -0.25) is 9.78 Å². The molecule has 0 aromatic carbocycles. The van der Waals surface area contributed by atoms with Crippen LogP contribution in [0, 0.1) is 11.3 Å². The molecular formula is C12H12F2N2O3. The molecule has 19 heavy (non-hydrogen) atoms. The Kier molecular flexibility index (Phi) is 5.18. The second-order valence-corrected chi connectivity index (χ2v) is 3.46. The van der Waals surface area contributed by atoms with Crippen LogP contribution in [-0.2, 0) is 16.0 Å². The number of pyridine rings is 1. The summed E-state index contributed by atoms with van der Waals surface area (Å²) in [6, 6.07) is 1.77. The van der Waals surface area contributed by atoms with Crippen LogP contribution in [0.2, 0.25) is 0 Å². The zero-order valence-electron chi connectivity index (χ0n) is 10.4. The predicted octanol–water partition coefficient (Wildman–Crippen LogP) is 2.01. The summed E-state index contributed by atoms with van der Waals surface area (Å²) < 4.78 is 35.4. The number of alkyl halides is 2. The van der Waals surface area contributed by atoms with E-state index < -0.39 is 24.5 Å². The van der Waals surface area contributed by atoms with E-state index in [1.807, 2.05) is 0 Å². The summed E-state index contributed by atoms with van der Waals surface area (Å²) in [5.41, 5.74) is -0.704. The number of esters is 1. The molecule has 0 aliphatic rings. The number of aromatic nitrogens is 1. The minimum Gasteiger partial charge on any atom is -0.495 e. The zero-order valence-corrected chi connectivity index (χ0v) is 10.4. The van der Waals surface area contributed by atoms with Crippen molar-refractivity contribution in [1.29, 1.82) is 5.26 Å². The lowest BCUT2D eigenvalue weighted by atomic mass is 10.1. The molecule has 0 fully saturated rings. The largest absolute Gasteiger partial charge is 0.495 e. The first kappa shape index (κ1) is 14.8. The summed E-state index contributed by atoms with van der Waals surface area (Å²) in [5.74, 6) is -0.750. The first-order chi connectivity index (χ1) is 9.04. The molecule has 102 valence electrons. The molecule has 0 saturated carbocycles. The zero-order chi connectivity index (χ0) is 14.4. The molecule has 0 spiro atoms. The lowest BCUT2D eigenvalue weighted by Gasteiger charge is -2.13. The molecule has 1 rings (SSSR count). The molecule has 0 bridgehead atoms. The van der Waals surface area contributed by atoms with Gasteiger partial charge in [-0.25, -0.2) is 8.78 Å². The third-order valence-electron chi connectivity index (χ3n) is 2.32. The average Bonchev–Trinajstić information content (AvgIpc) is 2.37. The van der Waals surface area contributed by atoms with Crippen LogP contribution in [-0.4, -0.2) is 24.7 Å². The van der Waals surface area contributed by atoms with Gasteiger partial charge in [-0.2, -0.15) is 5.26 Å². The van der Waals surface area contributed by atoms with Gasteiger partial charge in [0.25, 0.3) is 6.43 Å². The average molecular weight is 270 g/mol. The fourth-order valence-corrected chi connectivity index (χ4v) is 1.58. The van der Waals surface area contributed by atoms with E-state index in [2.05, 4.69) is 4.98 Å². The van der Waals surface area contributed by atoms with Gasteiger partial charge in [0.1, 0.15) is 23.1 Å². The van der Waals surface area contributed by atoms with Crippen molar-refractivity contribution in [1.82, 2.24) is 4.98 Å². The number of nitrogens with zero attached hydrogens (tertiary/aromatic N) is 2. The van der Waals surface area contributed by atoms with Gasteiger partial charge in [0.15, 0.2) is 0 Å². The van der Waals surface area contributed by atoms with Gasteiger partial charge in [0, 0.05) is 11.8 Å². The Morgan fingerprint density at radius 2 is 2.26 bits per heavy atom. The van der Waals surface area contributed by atoms with E-state index in [-0.39, 0.29) is 23.5 Å². The van der Waals surface area contributed by atoms with Gasteiger partial charge in [-0.15, -0.1) is 0 Å². The highest BCUT2D eigenvalue weighted by Crippen LogP contribution is 2.31. The quantitative estimate of drug-likeness (QED) is 0.765. The first-order valence-electron chi connectivity index (χ1n) is 5.44. The van der Waals surface area contributed by atoms with Crippen LogP contribution in [0.4, 0.5) is 8.78 Å². The number of hydrogen-bond donors (Lipinski definition) is 0. The number of carbonyl (C=O) groups excluding carboxylic acids is 1. The fourth-order valence-electron chi connectivity index (χ4n) is 1.58. The molecule has 0 unspecified atom stereocenters. The lowest BCUT2D eigenvalue weighted by molar-refractivity contribution is -0.142. The van der Waals surface area contributed by atoms with E-state index in [0.717, 1.165) is 6.20 Å². The van der Waals surface area contributed by atoms with Crippen molar-refractivity contribution in [2.75, 3.05) is 13.7 Å². The van der Waals surface area contributed by atoms with E-state index in [9.17, 15) is 13.6 Å². The van der Waals surface area contributed by atoms with Crippen LogP contribution in [0.5, 0.6) is 5.75 Å². The monoisotopic (exact) mass is 270 g/mol. The van der Waals surface area contributed by atoms with E-state index in [0.29, 0.717) is 0 Å². The van der Waals surface area contributed by atoms with Crippen molar-refractivity contribution in [2.45, 2.75) is 19.8 Å². The number of methoxy groups -OCH3 is 1. The Morgan fingerprint density at radius 1 is 1.58 bits per heavy atom. The number of halogens is 2. The maximum Gasteiger partial charge on any atom is 0.310 e. The van der Waals surface area contributed by atoms with Gasteiger partial charge in [0.05, 0.1) is 20.1 Å². The lowest BCUT2D eigenvalue weighted by Crippen LogP contribution is -2.12. The molecule has 0 saturated heterocycles. The van der Waals surface area contributed by atoms with E-state index in [1.165, 1.54) is 7.11 Å². The van der Waals surface area contributed by atoms with Gasteiger partial charge in [0.2, 0.25) is 0 Å². The fraction of sp³-hybridized carbons (Fsp3) is 0.417. The van der Waals surface area contributed by atoms with E-state index >= 15 is 0 Å². The van der Waals surface area contributed by atoms with Crippen molar-refractivity contribution >= 4 is 5.97 Å². The molecule has 0 amide bonds. The Morgan fingerprint density at radius 3 is 2.74 bits per heavy atom. The molecule has 1 aromatic rings. The highest BCUT2D eigenvalue weighted by Gasteiger charge is 2.24. The SMILES string of the molecule is CCOC(=O)Cc1c(C(F)F)ncc(C#N)c1OC. The van der Waals surface area contributed by atoms with Crippen molar-refractivity contribution in [3.8, 4) is 11.8 Å². The Bertz CT molecular complexity index is 512. The van der Waals surface area contributed by atoms with Gasteiger partial charge < -0.3 is 9.47 Å². The first-order valence-corrected chi connectivity index (χ1v) is 5.44. The van der Waals surface area contributed by atoms with Crippen molar-refractivity contribution in [3.63, 3.8) is 0 Å². The van der Waals surface area contributed by atoms with Crippen molar-refractivity contribution < 1.29 is 23.0 Å². The predicted molar refractivity (Wildman–Crippen MR) is 60.8 cm³/mol. The minimum absolute atomic E-state index is 0.00815. The van der Waals surface area contributed by atoms with Crippen LogP contribution < -0.4 is 4.74 Å². The summed E-state index contributed by atoms with van der Waals surface area (Å²) in [6.45, 7) is 1.74. The molecule has 0 aliphatic carbocycles. The van der Waals surface area contributed by atoms with Gasteiger partial charge >= 0.3 is 5.97 Å². The van der Waals surface area contributed by atoms with Crippen molar-refractivity contribution in [2.24, 2.45) is 0 Å².